The van der Waals surface area contributed by atoms with Crippen LogP contribution in [0, 0.1) is 11.8 Å². The van der Waals surface area contributed by atoms with Crippen LogP contribution in [0.25, 0.3) is 0 Å². The minimum Gasteiger partial charge on any atom is -0.400 e. The Bertz CT molecular complexity index is 40.7. The average molecular weight is 146 g/mol. The second-order valence-corrected chi connectivity index (χ2v) is 3.37. The van der Waals surface area contributed by atoms with Gasteiger partial charge in [0.1, 0.15) is 0 Å². The third kappa shape index (κ3) is 15.7. The molecule has 0 atom stereocenters. The summed E-state index contributed by atoms with van der Waals surface area (Å²) >= 11 is 0. The average Bonchev–Trinajstić information content (AvgIpc) is 1.89. The first-order valence-electron chi connectivity index (χ1n) is 4.07. The van der Waals surface area contributed by atoms with E-state index in [1.54, 1.807) is 0 Å². The van der Waals surface area contributed by atoms with Crippen LogP contribution in [0.5, 0.6) is 0 Å². The Morgan fingerprint density at radius 1 is 0.800 bits per heavy atom. The van der Waals surface area contributed by atoms with Gasteiger partial charge in [0.05, 0.1) is 0 Å². The Balaban J connectivity index is 0. The molecular weight excluding hydrogens is 124 g/mol. The van der Waals surface area contributed by atoms with Crippen LogP contribution in [0.3, 0.4) is 0 Å². The van der Waals surface area contributed by atoms with Crippen LogP contribution >= 0.6 is 0 Å². The molecule has 1 heteroatoms. The van der Waals surface area contributed by atoms with Crippen molar-refractivity contribution in [2.24, 2.45) is 11.8 Å². The third-order valence-electron chi connectivity index (χ3n) is 1.32. The Kier molecular flexibility index (Phi) is 11.3. The molecule has 0 rings (SSSR count). The third-order valence-corrected chi connectivity index (χ3v) is 1.32. The van der Waals surface area contributed by atoms with Crippen molar-refractivity contribution in [2.75, 3.05) is 7.11 Å². The summed E-state index contributed by atoms with van der Waals surface area (Å²) in [4.78, 5) is 0. The minimum absolute atomic E-state index is 0.886. The standard InChI is InChI=1S/C8H18.CH4O/c1-7(2)5-6-8(3)4;1-2/h7-8H,5-6H2,1-4H3;2H,1H3. The molecule has 0 aliphatic carbocycles. The molecule has 0 fully saturated rings. The van der Waals surface area contributed by atoms with Gasteiger partial charge in [-0.25, -0.2) is 0 Å². The molecule has 0 aromatic rings. The fraction of sp³-hybridized carbons (Fsp3) is 1.00. The zero-order valence-electron chi connectivity index (χ0n) is 8.02. The monoisotopic (exact) mass is 146 g/mol. The fourth-order valence-corrected chi connectivity index (χ4v) is 0.667. The molecule has 0 aliphatic rings. The summed E-state index contributed by atoms with van der Waals surface area (Å²) in [7, 11) is 1.00. The van der Waals surface area contributed by atoms with E-state index in [-0.39, 0.29) is 0 Å². The highest BCUT2D eigenvalue weighted by Gasteiger charge is 1.95. The quantitative estimate of drug-likeness (QED) is 0.649. The van der Waals surface area contributed by atoms with Gasteiger partial charge < -0.3 is 5.11 Å². The molecule has 0 radical (unpaired) electrons. The fourth-order valence-electron chi connectivity index (χ4n) is 0.667. The van der Waals surface area contributed by atoms with Crippen molar-refractivity contribution in [3.63, 3.8) is 0 Å². The molecule has 0 heterocycles. The van der Waals surface area contributed by atoms with Gasteiger partial charge >= 0.3 is 0 Å². The lowest BCUT2D eigenvalue weighted by Crippen LogP contribution is -1.91. The molecule has 0 bridgehead atoms. The zero-order chi connectivity index (χ0) is 8.57. The largest absolute Gasteiger partial charge is 0.400 e. The second-order valence-electron chi connectivity index (χ2n) is 3.37. The van der Waals surface area contributed by atoms with Crippen molar-refractivity contribution in [3.8, 4) is 0 Å². The summed E-state index contributed by atoms with van der Waals surface area (Å²) in [6.07, 6.45) is 2.77. The topological polar surface area (TPSA) is 20.2 Å². The molecule has 0 spiro atoms. The lowest BCUT2D eigenvalue weighted by molar-refractivity contribution is 0.399. The molecule has 0 aromatic carbocycles. The van der Waals surface area contributed by atoms with Gasteiger partial charge in [0.25, 0.3) is 0 Å². The lowest BCUT2D eigenvalue weighted by Gasteiger charge is -2.05. The summed E-state index contributed by atoms with van der Waals surface area (Å²) in [5.74, 6) is 1.77. The van der Waals surface area contributed by atoms with Crippen LogP contribution in [0.1, 0.15) is 40.5 Å². The van der Waals surface area contributed by atoms with Crippen molar-refractivity contribution in [1.29, 1.82) is 0 Å². The molecule has 0 saturated heterocycles. The number of rotatable bonds is 3. The van der Waals surface area contributed by atoms with Crippen LogP contribution < -0.4 is 0 Å². The van der Waals surface area contributed by atoms with Gasteiger partial charge in [0.2, 0.25) is 0 Å². The first-order chi connectivity index (χ1) is 4.63. The van der Waals surface area contributed by atoms with Gasteiger partial charge in [0.15, 0.2) is 0 Å². The van der Waals surface area contributed by atoms with Gasteiger partial charge in [-0.15, -0.1) is 0 Å². The predicted molar refractivity (Wildman–Crippen MR) is 47.1 cm³/mol. The van der Waals surface area contributed by atoms with Crippen LogP contribution in [0.2, 0.25) is 0 Å². The van der Waals surface area contributed by atoms with Crippen molar-refractivity contribution < 1.29 is 5.11 Å². The Hall–Kier alpha value is -0.0400. The van der Waals surface area contributed by atoms with Crippen molar-refractivity contribution >= 4 is 0 Å². The van der Waals surface area contributed by atoms with Gasteiger partial charge in [-0.05, 0) is 11.8 Å². The van der Waals surface area contributed by atoms with Crippen LogP contribution in [0.4, 0.5) is 0 Å². The molecule has 1 N–H and O–H groups in total. The molecule has 0 saturated carbocycles. The maximum absolute atomic E-state index is 7.00. The van der Waals surface area contributed by atoms with E-state index in [0.717, 1.165) is 18.9 Å². The van der Waals surface area contributed by atoms with E-state index >= 15 is 0 Å². The number of aliphatic hydroxyl groups is 1. The first-order valence-corrected chi connectivity index (χ1v) is 4.07. The molecular formula is C9H22O. The van der Waals surface area contributed by atoms with Crippen LogP contribution in [0.15, 0.2) is 0 Å². The molecule has 64 valence electrons. The summed E-state index contributed by atoms with van der Waals surface area (Å²) < 4.78 is 0. The number of hydrogen-bond donors (Lipinski definition) is 1. The van der Waals surface area contributed by atoms with E-state index < -0.39 is 0 Å². The van der Waals surface area contributed by atoms with Gasteiger partial charge in [-0.3, -0.25) is 0 Å². The van der Waals surface area contributed by atoms with Crippen molar-refractivity contribution in [3.05, 3.63) is 0 Å². The second kappa shape index (κ2) is 8.96. The smallest absolute Gasteiger partial charge is 0.0319 e. The highest BCUT2D eigenvalue weighted by atomic mass is 16.2. The zero-order valence-corrected chi connectivity index (χ0v) is 8.02. The first kappa shape index (κ1) is 12.6. The summed E-state index contributed by atoms with van der Waals surface area (Å²) in [5, 5.41) is 7.00. The van der Waals surface area contributed by atoms with Crippen LogP contribution in [-0.2, 0) is 0 Å². The summed E-state index contributed by atoms with van der Waals surface area (Å²) in [5.41, 5.74) is 0. The highest BCUT2D eigenvalue weighted by Crippen LogP contribution is 2.09. The van der Waals surface area contributed by atoms with Gasteiger partial charge in [-0.2, -0.15) is 0 Å². The molecule has 0 aromatic heterocycles. The van der Waals surface area contributed by atoms with Crippen molar-refractivity contribution in [2.45, 2.75) is 40.5 Å². The number of aliphatic hydroxyl groups excluding tert-OH is 1. The Morgan fingerprint density at radius 3 is 1.10 bits per heavy atom. The summed E-state index contributed by atoms with van der Waals surface area (Å²) in [6.45, 7) is 9.12. The maximum atomic E-state index is 7.00. The van der Waals surface area contributed by atoms with Gasteiger partial charge in [-0.1, -0.05) is 40.5 Å². The van der Waals surface area contributed by atoms with E-state index in [0.29, 0.717) is 0 Å². The van der Waals surface area contributed by atoms with E-state index in [9.17, 15) is 0 Å². The van der Waals surface area contributed by atoms with E-state index in [1.807, 2.05) is 0 Å². The normalized spacial score (nSPS) is 9.60. The van der Waals surface area contributed by atoms with E-state index in [2.05, 4.69) is 27.7 Å². The highest BCUT2D eigenvalue weighted by molar-refractivity contribution is 4.48. The van der Waals surface area contributed by atoms with Crippen LogP contribution in [-0.4, -0.2) is 12.2 Å². The molecule has 10 heavy (non-hydrogen) atoms. The molecule has 0 unspecified atom stereocenters. The van der Waals surface area contributed by atoms with E-state index in [1.165, 1.54) is 12.8 Å². The van der Waals surface area contributed by atoms with Gasteiger partial charge in [0, 0.05) is 7.11 Å². The lowest BCUT2D eigenvalue weighted by atomic mass is 10.0. The SMILES string of the molecule is CC(C)CCC(C)C.CO. The Morgan fingerprint density at radius 2 is 1.00 bits per heavy atom. The van der Waals surface area contributed by atoms with Crippen molar-refractivity contribution in [1.82, 2.24) is 0 Å². The van der Waals surface area contributed by atoms with E-state index in [4.69, 9.17) is 5.11 Å². The molecule has 1 nitrogen and oxygen atoms in total. The molecule has 0 aliphatic heterocycles. The predicted octanol–water partition coefficient (Wildman–Crippen LogP) is 2.69. The Labute approximate surface area is 65.5 Å². The maximum Gasteiger partial charge on any atom is 0.0319 e. The minimum atomic E-state index is 0.886. The summed E-state index contributed by atoms with van der Waals surface area (Å²) in [6, 6.07) is 0. The number of hydrogen-bond acceptors (Lipinski definition) is 1. The molecule has 0 amide bonds.